The zero-order valence-electron chi connectivity index (χ0n) is 9.12. The molecule has 15 heavy (non-hydrogen) atoms. The summed E-state index contributed by atoms with van der Waals surface area (Å²) in [6.45, 7) is 2.48. The number of carboxylic acids is 1. The average molecular weight is 213 g/mol. The van der Waals surface area contributed by atoms with Crippen LogP contribution in [0.15, 0.2) is 11.6 Å². The highest BCUT2D eigenvalue weighted by molar-refractivity contribution is 5.86. The van der Waals surface area contributed by atoms with Gasteiger partial charge < -0.3 is 15.5 Å². The van der Waals surface area contributed by atoms with Crippen LogP contribution >= 0.6 is 0 Å². The molecule has 86 valence electrons. The van der Waals surface area contributed by atoms with E-state index < -0.39 is 5.97 Å². The van der Waals surface area contributed by atoms with Crippen molar-refractivity contribution in [3.63, 3.8) is 0 Å². The van der Waals surface area contributed by atoms with Crippen LogP contribution in [-0.2, 0) is 4.79 Å². The largest absolute Gasteiger partial charge is 0.478 e. The Bertz CT molecular complexity index is 251. The van der Waals surface area contributed by atoms with E-state index in [0.29, 0.717) is 18.5 Å². The number of nitrogens with one attached hydrogen (secondary N) is 1. The fourth-order valence-corrected chi connectivity index (χ4v) is 1.77. The Morgan fingerprint density at radius 3 is 2.53 bits per heavy atom. The van der Waals surface area contributed by atoms with E-state index in [9.17, 15) is 4.79 Å². The quantitative estimate of drug-likeness (QED) is 0.574. The summed E-state index contributed by atoms with van der Waals surface area (Å²) >= 11 is 0. The highest BCUT2D eigenvalue weighted by atomic mass is 16.4. The van der Waals surface area contributed by atoms with Gasteiger partial charge in [0, 0.05) is 17.7 Å². The second-order valence-electron chi connectivity index (χ2n) is 4.06. The highest BCUT2D eigenvalue weighted by Gasteiger charge is 2.35. The van der Waals surface area contributed by atoms with Crippen LogP contribution < -0.4 is 5.32 Å². The molecule has 0 heterocycles. The summed E-state index contributed by atoms with van der Waals surface area (Å²) in [7, 11) is 0. The van der Waals surface area contributed by atoms with Crippen LogP contribution in [0.2, 0.25) is 0 Å². The Morgan fingerprint density at radius 2 is 2.20 bits per heavy atom. The van der Waals surface area contributed by atoms with Crippen LogP contribution in [0.3, 0.4) is 0 Å². The van der Waals surface area contributed by atoms with Crippen molar-refractivity contribution in [3.05, 3.63) is 11.6 Å². The first-order chi connectivity index (χ1) is 7.13. The molecular weight excluding hydrogens is 194 g/mol. The third-order valence-corrected chi connectivity index (χ3v) is 3.09. The number of aliphatic hydroxyl groups excluding tert-OH is 1. The van der Waals surface area contributed by atoms with E-state index >= 15 is 0 Å². The summed E-state index contributed by atoms with van der Waals surface area (Å²) in [4.78, 5) is 10.7. The van der Waals surface area contributed by atoms with Crippen molar-refractivity contribution in [3.8, 4) is 0 Å². The Kier molecular flexibility index (Phi) is 4.29. The van der Waals surface area contributed by atoms with E-state index in [0.717, 1.165) is 19.3 Å². The minimum absolute atomic E-state index is 0.134. The fourth-order valence-electron chi connectivity index (χ4n) is 1.77. The van der Waals surface area contributed by atoms with Gasteiger partial charge in [-0.3, -0.25) is 0 Å². The molecule has 0 bridgehead atoms. The summed E-state index contributed by atoms with van der Waals surface area (Å²) in [5.41, 5.74) is 0.281. The molecule has 0 saturated heterocycles. The van der Waals surface area contributed by atoms with E-state index in [1.165, 1.54) is 0 Å². The lowest BCUT2D eigenvalue weighted by atomic mass is 9.77. The molecule has 1 aliphatic carbocycles. The summed E-state index contributed by atoms with van der Waals surface area (Å²) in [5.74, 6) is -0.856. The van der Waals surface area contributed by atoms with Crippen molar-refractivity contribution < 1.29 is 15.0 Å². The van der Waals surface area contributed by atoms with Gasteiger partial charge in [-0.15, -0.1) is 0 Å². The Labute approximate surface area is 90.0 Å². The summed E-state index contributed by atoms with van der Waals surface area (Å²) in [6.07, 6.45) is 5.32. The van der Waals surface area contributed by atoms with Gasteiger partial charge in [-0.25, -0.2) is 4.79 Å². The molecule has 1 aliphatic rings. The SMILES string of the molecule is CCC(=CCNC1(CO)CCC1)C(=O)O. The molecule has 0 unspecified atom stereocenters. The lowest BCUT2D eigenvalue weighted by Gasteiger charge is -2.41. The molecule has 4 nitrogen and oxygen atoms in total. The Balaban J connectivity index is 2.39. The van der Waals surface area contributed by atoms with Crippen LogP contribution in [0, 0.1) is 0 Å². The second kappa shape index (κ2) is 5.28. The Morgan fingerprint density at radius 1 is 1.53 bits per heavy atom. The maximum atomic E-state index is 10.7. The van der Waals surface area contributed by atoms with E-state index in [-0.39, 0.29) is 12.1 Å². The topological polar surface area (TPSA) is 69.6 Å². The normalized spacial score (nSPS) is 19.7. The molecule has 3 N–H and O–H groups in total. The van der Waals surface area contributed by atoms with Crippen LogP contribution in [-0.4, -0.2) is 34.9 Å². The number of aliphatic carboxylic acids is 1. The van der Waals surface area contributed by atoms with Crippen molar-refractivity contribution in [1.29, 1.82) is 0 Å². The zero-order chi connectivity index (χ0) is 11.3. The average Bonchev–Trinajstić information content (AvgIpc) is 2.15. The lowest BCUT2D eigenvalue weighted by molar-refractivity contribution is -0.132. The number of carbonyl (C=O) groups is 1. The van der Waals surface area contributed by atoms with Gasteiger partial charge in [-0.05, 0) is 25.7 Å². The molecule has 0 aliphatic heterocycles. The van der Waals surface area contributed by atoms with Crippen LogP contribution in [0.1, 0.15) is 32.6 Å². The number of hydrogen-bond acceptors (Lipinski definition) is 3. The maximum Gasteiger partial charge on any atom is 0.331 e. The molecule has 0 atom stereocenters. The standard InChI is InChI=1S/C11H19NO3/c1-2-9(10(14)15)4-7-12-11(8-13)5-3-6-11/h4,12-13H,2-3,5-8H2,1H3,(H,14,15). The smallest absolute Gasteiger partial charge is 0.331 e. The van der Waals surface area contributed by atoms with E-state index in [1.807, 2.05) is 6.92 Å². The fraction of sp³-hybridized carbons (Fsp3) is 0.727. The van der Waals surface area contributed by atoms with Gasteiger partial charge in [0.05, 0.1) is 6.61 Å². The monoisotopic (exact) mass is 213 g/mol. The van der Waals surface area contributed by atoms with E-state index in [2.05, 4.69) is 5.32 Å². The van der Waals surface area contributed by atoms with Gasteiger partial charge in [-0.1, -0.05) is 13.0 Å². The molecule has 0 amide bonds. The Hall–Kier alpha value is -0.870. The first-order valence-electron chi connectivity index (χ1n) is 5.42. The minimum Gasteiger partial charge on any atom is -0.478 e. The summed E-state index contributed by atoms with van der Waals surface area (Å²) in [5, 5.41) is 21.2. The zero-order valence-corrected chi connectivity index (χ0v) is 9.12. The van der Waals surface area contributed by atoms with Crippen molar-refractivity contribution in [2.24, 2.45) is 0 Å². The molecule has 0 spiro atoms. The third kappa shape index (κ3) is 3.04. The highest BCUT2D eigenvalue weighted by Crippen LogP contribution is 2.30. The van der Waals surface area contributed by atoms with E-state index in [1.54, 1.807) is 6.08 Å². The molecule has 1 saturated carbocycles. The van der Waals surface area contributed by atoms with Gasteiger partial charge in [0.15, 0.2) is 0 Å². The summed E-state index contributed by atoms with van der Waals surface area (Å²) in [6, 6.07) is 0. The first-order valence-corrected chi connectivity index (χ1v) is 5.42. The van der Waals surface area contributed by atoms with Crippen LogP contribution in [0.5, 0.6) is 0 Å². The van der Waals surface area contributed by atoms with Gasteiger partial charge in [-0.2, -0.15) is 0 Å². The first kappa shape index (κ1) is 12.2. The molecule has 0 aromatic rings. The van der Waals surface area contributed by atoms with Gasteiger partial charge in [0.25, 0.3) is 0 Å². The van der Waals surface area contributed by atoms with Crippen molar-refractivity contribution >= 4 is 5.97 Å². The number of carboxylic acid groups (broad SMARTS) is 1. The predicted octanol–water partition coefficient (Wildman–Crippen LogP) is 0.912. The molecule has 1 rings (SSSR count). The molecule has 0 radical (unpaired) electrons. The number of hydrogen-bond donors (Lipinski definition) is 3. The molecular formula is C11H19NO3. The molecule has 0 aromatic heterocycles. The van der Waals surface area contributed by atoms with Crippen LogP contribution in [0.25, 0.3) is 0 Å². The van der Waals surface area contributed by atoms with Crippen molar-refractivity contribution in [2.45, 2.75) is 38.1 Å². The van der Waals surface area contributed by atoms with Gasteiger partial charge >= 0.3 is 5.97 Å². The molecule has 4 heteroatoms. The summed E-state index contributed by atoms with van der Waals surface area (Å²) < 4.78 is 0. The number of rotatable bonds is 6. The minimum atomic E-state index is -0.856. The number of aliphatic hydroxyl groups is 1. The van der Waals surface area contributed by atoms with Gasteiger partial charge in [0.1, 0.15) is 0 Å². The van der Waals surface area contributed by atoms with E-state index in [4.69, 9.17) is 10.2 Å². The molecule has 1 fully saturated rings. The third-order valence-electron chi connectivity index (χ3n) is 3.09. The molecule has 0 aromatic carbocycles. The van der Waals surface area contributed by atoms with Crippen molar-refractivity contribution in [2.75, 3.05) is 13.2 Å². The lowest BCUT2D eigenvalue weighted by Crippen LogP contribution is -2.53. The maximum absolute atomic E-state index is 10.7. The van der Waals surface area contributed by atoms with Crippen molar-refractivity contribution in [1.82, 2.24) is 5.32 Å². The second-order valence-corrected chi connectivity index (χ2v) is 4.06. The van der Waals surface area contributed by atoms with Crippen LogP contribution in [0.4, 0.5) is 0 Å². The van der Waals surface area contributed by atoms with Gasteiger partial charge in [0.2, 0.25) is 0 Å². The predicted molar refractivity (Wildman–Crippen MR) is 57.7 cm³/mol.